The van der Waals surface area contributed by atoms with Gasteiger partial charge in [-0.15, -0.1) is 0 Å². The van der Waals surface area contributed by atoms with Crippen molar-refractivity contribution in [3.05, 3.63) is 71.8 Å². The van der Waals surface area contributed by atoms with Gasteiger partial charge in [0.15, 0.2) is 0 Å². The third-order valence-electron chi connectivity index (χ3n) is 4.27. The first kappa shape index (κ1) is 18.9. The Morgan fingerprint density at radius 1 is 1.00 bits per heavy atom. The Kier molecular flexibility index (Phi) is 6.44. The van der Waals surface area contributed by atoms with Gasteiger partial charge in [0.25, 0.3) is 5.91 Å². The summed E-state index contributed by atoms with van der Waals surface area (Å²) in [6.45, 7) is 5.69. The van der Waals surface area contributed by atoms with Gasteiger partial charge >= 0.3 is 0 Å². The highest BCUT2D eigenvalue weighted by Crippen LogP contribution is 2.25. The van der Waals surface area contributed by atoms with E-state index in [1.807, 2.05) is 61.5 Å². The van der Waals surface area contributed by atoms with Crippen LogP contribution >= 0.6 is 0 Å². The van der Waals surface area contributed by atoms with Crippen LogP contribution in [0, 0.1) is 0 Å². The molecule has 0 spiro atoms. The Morgan fingerprint density at radius 2 is 1.81 bits per heavy atom. The molecule has 0 radical (unpaired) electrons. The number of hydrogen-bond acceptors (Lipinski definition) is 3. The summed E-state index contributed by atoms with van der Waals surface area (Å²) < 4.78 is 11.3. The van der Waals surface area contributed by atoms with E-state index < -0.39 is 0 Å². The molecular formula is C23H25NO3. The van der Waals surface area contributed by atoms with E-state index >= 15 is 0 Å². The molecule has 0 saturated heterocycles. The van der Waals surface area contributed by atoms with Gasteiger partial charge in [-0.3, -0.25) is 4.79 Å². The number of fused-ring (bicyclic) bond motifs is 1. The molecule has 27 heavy (non-hydrogen) atoms. The summed E-state index contributed by atoms with van der Waals surface area (Å²) in [4.78, 5) is 12.8. The molecule has 140 valence electrons. The summed E-state index contributed by atoms with van der Waals surface area (Å²) in [5, 5.41) is 5.14. The average Bonchev–Trinajstić information content (AvgIpc) is 2.70. The minimum absolute atomic E-state index is 0.147. The van der Waals surface area contributed by atoms with Crippen molar-refractivity contribution < 1.29 is 14.3 Å². The molecule has 0 aliphatic heterocycles. The molecule has 0 atom stereocenters. The Hall–Kier alpha value is -2.85. The van der Waals surface area contributed by atoms with E-state index in [9.17, 15) is 4.79 Å². The molecule has 0 aliphatic carbocycles. The van der Waals surface area contributed by atoms with Gasteiger partial charge in [-0.05, 0) is 43.0 Å². The van der Waals surface area contributed by atoms with Crippen molar-refractivity contribution in [2.75, 3.05) is 18.5 Å². The maximum atomic E-state index is 12.8. The molecule has 0 fully saturated rings. The van der Waals surface area contributed by atoms with E-state index in [4.69, 9.17) is 9.47 Å². The van der Waals surface area contributed by atoms with Gasteiger partial charge in [-0.25, -0.2) is 0 Å². The predicted molar refractivity (Wildman–Crippen MR) is 109 cm³/mol. The number of amides is 1. The van der Waals surface area contributed by atoms with Crippen LogP contribution < -0.4 is 10.1 Å². The molecule has 0 aliphatic rings. The number of rotatable bonds is 8. The van der Waals surface area contributed by atoms with Crippen molar-refractivity contribution in [1.82, 2.24) is 0 Å². The van der Waals surface area contributed by atoms with Crippen LogP contribution in [0.5, 0.6) is 5.75 Å². The average molecular weight is 363 g/mol. The first-order chi connectivity index (χ1) is 13.2. The van der Waals surface area contributed by atoms with Crippen molar-refractivity contribution >= 4 is 22.4 Å². The van der Waals surface area contributed by atoms with Gasteiger partial charge in [0, 0.05) is 28.8 Å². The van der Waals surface area contributed by atoms with Crippen molar-refractivity contribution in [3.63, 3.8) is 0 Å². The molecule has 4 nitrogen and oxygen atoms in total. The summed E-state index contributed by atoms with van der Waals surface area (Å²) in [6, 6.07) is 19.4. The van der Waals surface area contributed by atoms with Gasteiger partial charge in [0.05, 0.1) is 13.2 Å². The minimum Gasteiger partial charge on any atom is -0.494 e. The number of anilines is 1. The van der Waals surface area contributed by atoms with Crippen LogP contribution in [-0.2, 0) is 11.3 Å². The van der Waals surface area contributed by atoms with Crippen LogP contribution in [-0.4, -0.2) is 19.1 Å². The normalized spacial score (nSPS) is 10.7. The lowest BCUT2D eigenvalue weighted by atomic mass is 10.1. The summed E-state index contributed by atoms with van der Waals surface area (Å²) in [5.41, 5.74) is 2.27. The van der Waals surface area contributed by atoms with E-state index in [0.29, 0.717) is 25.4 Å². The van der Waals surface area contributed by atoms with E-state index in [-0.39, 0.29) is 5.91 Å². The highest BCUT2D eigenvalue weighted by molar-refractivity contribution is 6.09. The van der Waals surface area contributed by atoms with E-state index in [2.05, 4.69) is 12.2 Å². The Balaban J connectivity index is 1.84. The quantitative estimate of drug-likeness (QED) is 0.544. The second-order valence-corrected chi connectivity index (χ2v) is 6.29. The van der Waals surface area contributed by atoms with Gasteiger partial charge in [-0.2, -0.15) is 0 Å². The lowest BCUT2D eigenvalue weighted by Crippen LogP contribution is -2.13. The maximum absolute atomic E-state index is 12.8. The fourth-order valence-corrected chi connectivity index (χ4v) is 2.99. The summed E-state index contributed by atoms with van der Waals surface area (Å²) in [6.07, 6.45) is 0.950. The highest BCUT2D eigenvalue weighted by Gasteiger charge is 2.12. The van der Waals surface area contributed by atoms with Crippen LogP contribution in [0.4, 0.5) is 5.69 Å². The number of ether oxygens (including phenoxy) is 2. The molecular weight excluding hydrogens is 338 g/mol. The zero-order valence-corrected chi connectivity index (χ0v) is 15.8. The molecule has 0 heterocycles. The van der Waals surface area contributed by atoms with Crippen molar-refractivity contribution in [3.8, 4) is 5.75 Å². The summed E-state index contributed by atoms with van der Waals surface area (Å²) in [5.74, 6) is 0.612. The number of nitrogens with one attached hydrogen (secondary N) is 1. The van der Waals surface area contributed by atoms with Crippen LogP contribution in [0.15, 0.2) is 60.7 Å². The number of hydrogen-bond donors (Lipinski definition) is 1. The van der Waals surface area contributed by atoms with E-state index in [1.54, 1.807) is 6.07 Å². The van der Waals surface area contributed by atoms with Crippen LogP contribution in [0.1, 0.15) is 36.2 Å². The Bertz CT molecular complexity index is 915. The lowest BCUT2D eigenvalue weighted by molar-refractivity contribution is 0.102. The molecule has 0 saturated carbocycles. The van der Waals surface area contributed by atoms with Gasteiger partial charge in [0.1, 0.15) is 5.75 Å². The molecule has 0 bridgehead atoms. The number of carbonyl (C=O) groups excluding carboxylic acids is 1. The van der Waals surface area contributed by atoms with E-state index in [0.717, 1.165) is 34.2 Å². The highest BCUT2D eigenvalue weighted by atomic mass is 16.5. The third kappa shape index (κ3) is 4.66. The van der Waals surface area contributed by atoms with Crippen LogP contribution in [0.2, 0.25) is 0 Å². The van der Waals surface area contributed by atoms with Crippen LogP contribution in [0.3, 0.4) is 0 Å². The van der Waals surface area contributed by atoms with Crippen LogP contribution in [0.25, 0.3) is 10.8 Å². The topological polar surface area (TPSA) is 47.6 Å². The standard InChI is InChI=1S/C23H25NO3/c1-3-14-26-16-19-15-18(12-13-22(19)27-4-2)23(25)24-21-11-7-9-17-8-5-6-10-20(17)21/h5-13,15H,3-4,14,16H2,1-2H3,(H,24,25). The molecule has 4 heteroatoms. The van der Waals surface area contributed by atoms with Crippen molar-refractivity contribution in [2.45, 2.75) is 26.9 Å². The number of carbonyl (C=O) groups is 1. The zero-order chi connectivity index (χ0) is 19.1. The molecule has 3 rings (SSSR count). The molecule has 3 aromatic carbocycles. The summed E-state index contributed by atoms with van der Waals surface area (Å²) >= 11 is 0. The summed E-state index contributed by atoms with van der Waals surface area (Å²) in [7, 11) is 0. The molecule has 1 amide bonds. The van der Waals surface area contributed by atoms with Gasteiger partial charge in [0.2, 0.25) is 0 Å². The smallest absolute Gasteiger partial charge is 0.255 e. The second-order valence-electron chi connectivity index (χ2n) is 6.29. The molecule has 3 aromatic rings. The fourth-order valence-electron chi connectivity index (χ4n) is 2.99. The molecule has 1 N–H and O–H groups in total. The number of benzene rings is 3. The minimum atomic E-state index is -0.147. The Labute approximate surface area is 160 Å². The first-order valence-electron chi connectivity index (χ1n) is 9.35. The SMILES string of the molecule is CCCOCc1cc(C(=O)Nc2cccc3ccccc23)ccc1OCC. The third-order valence-corrected chi connectivity index (χ3v) is 4.27. The van der Waals surface area contributed by atoms with Crippen molar-refractivity contribution in [1.29, 1.82) is 0 Å². The molecule has 0 aromatic heterocycles. The fraction of sp³-hybridized carbons (Fsp3) is 0.261. The monoisotopic (exact) mass is 363 g/mol. The van der Waals surface area contributed by atoms with Gasteiger partial charge < -0.3 is 14.8 Å². The Morgan fingerprint density at radius 3 is 2.63 bits per heavy atom. The predicted octanol–water partition coefficient (Wildman–Crippen LogP) is 5.42. The van der Waals surface area contributed by atoms with Gasteiger partial charge in [-0.1, -0.05) is 43.3 Å². The lowest BCUT2D eigenvalue weighted by Gasteiger charge is -2.13. The van der Waals surface area contributed by atoms with Crippen molar-refractivity contribution in [2.24, 2.45) is 0 Å². The second kappa shape index (κ2) is 9.19. The van der Waals surface area contributed by atoms with E-state index in [1.165, 1.54) is 0 Å². The largest absolute Gasteiger partial charge is 0.494 e. The maximum Gasteiger partial charge on any atom is 0.255 e. The first-order valence-corrected chi connectivity index (χ1v) is 9.35. The molecule has 0 unspecified atom stereocenters. The zero-order valence-electron chi connectivity index (χ0n) is 15.8.